The van der Waals surface area contributed by atoms with Crippen molar-refractivity contribution >= 4 is 17.0 Å². The highest BCUT2D eigenvalue weighted by Crippen LogP contribution is 2.27. The van der Waals surface area contributed by atoms with Gasteiger partial charge in [-0.3, -0.25) is 0 Å². The van der Waals surface area contributed by atoms with Crippen molar-refractivity contribution in [3.63, 3.8) is 0 Å². The van der Waals surface area contributed by atoms with Crippen LogP contribution in [0.15, 0.2) is 18.2 Å². The lowest BCUT2D eigenvalue weighted by Gasteiger charge is -2.05. The van der Waals surface area contributed by atoms with Gasteiger partial charge in [0.15, 0.2) is 11.5 Å². The van der Waals surface area contributed by atoms with E-state index in [1.54, 1.807) is 0 Å². The van der Waals surface area contributed by atoms with E-state index in [1.165, 1.54) is 19.2 Å². The number of rotatable bonds is 2. The van der Waals surface area contributed by atoms with Gasteiger partial charge in [-0.25, -0.2) is 9.18 Å². The van der Waals surface area contributed by atoms with E-state index in [1.807, 2.05) is 0 Å². The van der Waals surface area contributed by atoms with Gasteiger partial charge in [0.1, 0.15) is 5.82 Å². The molecular formula is C8H6ClFO3. The molecule has 0 unspecified atom stereocenters. The SMILES string of the molecule is COc1ccc(F)cc1OC(=O)Cl. The maximum atomic E-state index is 12.6. The molecule has 0 aliphatic rings. The van der Waals surface area contributed by atoms with E-state index in [4.69, 9.17) is 16.3 Å². The second-order valence-electron chi connectivity index (χ2n) is 2.13. The molecular weight excluding hydrogens is 199 g/mol. The summed E-state index contributed by atoms with van der Waals surface area (Å²) in [5.41, 5.74) is -1.04. The molecule has 0 atom stereocenters. The largest absolute Gasteiger partial charge is 0.493 e. The molecule has 0 aliphatic heterocycles. The van der Waals surface area contributed by atoms with Crippen LogP contribution in [-0.4, -0.2) is 12.5 Å². The lowest BCUT2D eigenvalue weighted by molar-refractivity contribution is 0.223. The molecule has 0 bridgehead atoms. The third kappa shape index (κ3) is 2.59. The molecule has 0 fully saturated rings. The molecule has 5 heteroatoms. The second kappa shape index (κ2) is 4.09. The summed E-state index contributed by atoms with van der Waals surface area (Å²) in [6, 6.07) is 3.54. The van der Waals surface area contributed by atoms with Gasteiger partial charge >= 0.3 is 5.43 Å². The maximum absolute atomic E-state index is 12.6. The Morgan fingerprint density at radius 3 is 2.69 bits per heavy atom. The summed E-state index contributed by atoms with van der Waals surface area (Å²) in [6.45, 7) is 0. The van der Waals surface area contributed by atoms with Crippen LogP contribution in [0.1, 0.15) is 0 Å². The van der Waals surface area contributed by atoms with Crippen LogP contribution in [0.5, 0.6) is 11.5 Å². The first-order chi connectivity index (χ1) is 6.13. The van der Waals surface area contributed by atoms with Crippen LogP contribution in [-0.2, 0) is 0 Å². The second-order valence-corrected chi connectivity index (χ2v) is 2.44. The third-order valence-electron chi connectivity index (χ3n) is 1.32. The van der Waals surface area contributed by atoms with E-state index in [-0.39, 0.29) is 11.5 Å². The Hall–Kier alpha value is -1.29. The summed E-state index contributed by atoms with van der Waals surface area (Å²) in [7, 11) is 1.37. The van der Waals surface area contributed by atoms with Gasteiger partial charge in [-0.05, 0) is 12.1 Å². The molecule has 13 heavy (non-hydrogen) atoms. The van der Waals surface area contributed by atoms with Gasteiger partial charge in [-0.2, -0.15) is 0 Å². The third-order valence-corrected chi connectivity index (χ3v) is 1.39. The Balaban J connectivity index is 3.01. The molecule has 0 amide bonds. The van der Waals surface area contributed by atoms with Crippen molar-refractivity contribution in [3.8, 4) is 11.5 Å². The van der Waals surface area contributed by atoms with Crippen LogP contribution in [0.3, 0.4) is 0 Å². The van der Waals surface area contributed by atoms with Gasteiger partial charge < -0.3 is 9.47 Å². The first-order valence-corrected chi connectivity index (χ1v) is 3.72. The molecule has 70 valence electrons. The number of hydrogen-bond acceptors (Lipinski definition) is 3. The van der Waals surface area contributed by atoms with Crippen LogP contribution in [0.25, 0.3) is 0 Å². The average Bonchev–Trinajstić information content (AvgIpc) is 2.03. The zero-order chi connectivity index (χ0) is 9.84. The normalized spacial score (nSPS) is 9.46. The van der Waals surface area contributed by atoms with E-state index in [0.717, 1.165) is 6.07 Å². The van der Waals surface area contributed by atoms with Crippen LogP contribution in [0.2, 0.25) is 0 Å². The smallest absolute Gasteiger partial charge is 0.409 e. The van der Waals surface area contributed by atoms with E-state index in [0.29, 0.717) is 0 Å². The average molecular weight is 205 g/mol. The summed E-state index contributed by atoms with van der Waals surface area (Å²) < 4.78 is 21.9. The lowest BCUT2D eigenvalue weighted by atomic mass is 10.3. The van der Waals surface area contributed by atoms with Gasteiger partial charge in [-0.1, -0.05) is 0 Å². The molecule has 0 radical (unpaired) electrons. The Kier molecular flexibility index (Phi) is 3.08. The van der Waals surface area contributed by atoms with Crippen molar-refractivity contribution in [2.45, 2.75) is 0 Å². The van der Waals surface area contributed by atoms with E-state index in [2.05, 4.69) is 4.74 Å². The van der Waals surface area contributed by atoms with Crippen LogP contribution < -0.4 is 9.47 Å². The van der Waals surface area contributed by atoms with E-state index < -0.39 is 11.2 Å². The fraction of sp³-hybridized carbons (Fsp3) is 0.125. The molecule has 0 N–H and O–H groups in total. The molecule has 3 nitrogen and oxygen atoms in total. The van der Waals surface area contributed by atoms with Gasteiger partial charge in [0, 0.05) is 17.7 Å². The number of carbonyl (C=O) groups excluding carboxylic acids is 1. The highest BCUT2D eigenvalue weighted by molar-refractivity contribution is 6.61. The molecule has 0 spiro atoms. The molecule has 1 rings (SSSR count). The zero-order valence-electron chi connectivity index (χ0n) is 6.71. The molecule has 0 aliphatic carbocycles. The minimum atomic E-state index is -1.04. The van der Waals surface area contributed by atoms with Crippen LogP contribution in [0.4, 0.5) is 9.18 Å². The minimum absolute atomic E-state index is 0.0394. The van der Waals surface area contributed by atoms with Gasteiger partial charge in [-0.15, -0.1) is 0 Å². The highest BCUT2D eigenvalue weighted by Gasteiger charge is 2.08. The standard InChI is InChI=1S/C8H6ClFO3/c1-12-6-3-2-5(10)4-7(6)13-8(9)11/h2-4H,1H3. The first kappa shape index (κ1) is 9.80. The number of carbonyl (C=O) groups is 1. The molecule has 0 saturated heterocycles. The van der Waals surface area contributed by atoms with Crippen molar-refractivity contribution in [2.75, 3.05) is 7.11 Å². The summed E-state index contributed by atoms with van der Waals surface area (Å²) in [6.07, 6.45) is 0. The van der Waals surface area contributed by atoms with Gasteiger partial charge in [0.2, 0.25) is 0 Å². The molecule has 0 saturated carbocycles. The molecule has 1 aromatic rings. The quantitative estimate of drug-likeness (QED) is 0.695. The summed E-state index contributed by atoms with van der Waals surface area (Å²) in [5.74, 6) is -0.327. The number of hydrogen-bond donors (Lipinski definition) is 0. The van der Waals surface area contributed by atoms with E-state index in [9.17, 15) is 9.18 Å². The topological polar surface area (TPSA) is 35.5 Å². The van der Waals surface area contributed by atoms with Crippen molar-refractivity contribution < 1.29 is 18.7 Å². The lowest BCUT2D eigenvalue weighted by Crippen LogP contribution is -1.99. The van der Waals surface area contributed by atoms with Gasteiger partial charge in [0.25, 0.3) is 0 Å². The molecule has 0 aromatic heterocycles. The fourth-order valence-corrected chi connectivity index (χ4v) is 0.900. The van der Waals surface area contributed by atoms with Crippen molar-refractivity contribution in [3.05, 3.63) is 24.0 Å². The Morgan fingerprint density at radius 1 is 1.46 bits per heavy atom. The first-order valence-electron chi connectivity index (χ1n) is 3.34. The summed E-state index contributed by atoms with van der Waals surface area (Å²) in [4.78, 5) is 10.4. The minimum Gasteiger partial charge on any atom is -0.493 e. The Morgan fingerprint density at radius 2 is 2.15 bits per heavy atom. The Labute approximate surface area is 79.0 Å². The van der Waals surface area contributed by atoms with Crippen LogP contribution in [0, 0.1) is 5.82 Å². The molecule has 0 heterocycles. The van der Waals surface area contributed by atoms with Gasteiger partial charge in [0.05, 0.1) is 7.11 Å². The highest BCUT2D eigenvalue weighted by atomic mass is 35.5. The zero-order valence-corrected chi connectivity index (χ0v) is 7.47. The number of benzene rings is 1. The van der Waals surface area contributed by atoms with Crippen molar-refractivity contribution in [1.29, 1.82) is 0 Å². The van der Waals surface area contributed by atoms with Crippen molar-refractivity contribution in [2.24, 2.45) is 0 Å². The number of ether oxygens (including phenoxy) is 2. The number of methoxy groups -OCH3 is 1. The van der Waals surface area contributed by atoms with E-state index >= 15 is 0 Å². The monoisotopic (exact) mass is 204 g/mol. The fourth-order valence-electron chi connectivity index (χ4n) is 0.817. The molecule has 1 aromatic carbocycles. The maximum Gasteiger partial charge on any atom is 0.409 e. The van der Waals surface area contributed by atoms with Crippen LogP contribution >= 0.6 is 11.6 Å². The summed E-state index contributed by atoms with van der Waals surface area (Å²) in [5, 5.41) is 0. The Bertz CT molecular complexity index is 327. The summed E-state index contributed by atoms with van der Waals surface area (Å²) >= 11 is 4.95. The van der Waals surface area contributed by atoms with Crippen molar-refractivity contribution in [1.82, 2.24) is 0 Å². The number of halogens is 2. The predicted molar refractivity (Wildman–Crippen MR) is 44.8 cm³/mol. The predicted octanol–water partition coefficient (Wildman–Crippen LogP) is 2.57.